The van der Waals surface area contributed by atoms with Crippen LogP contribution in [0.2, 0.25) is 0 Å². The third-order valence-corrected chi connectivity index (χ3v) is 4.81. The van der Waals surface area contributed by atoms with Crippen LogP contribution in [0.5, 0.6) is 0 Å². The van der Waals surface area contributed by atoms with Gasteiger partial charge in [0.05, 0.1) is 23.3 Å². The maximum atomic E-state index is 9.04. The van der Waals surface area contributed by atoms with Crippen molar-refractivity contribution in [3.63, 3.8) is 0 Å². The van der Waals surface area contributed by atoms with Gasteiger partial charge in [-0.3, -0.25) is 0 Å². The monoisotopic (exact) mass is 726 g/mol. The van der Waals surface area contributed by atoms with Crippen molar-refractivity contribution < 1.29 is 74.8 Å². The Balaban J connectivity index is 0.000000251. The fourth-order valence-corrected chi connectivity index (χ4v) is 3.22. The van der Waals surface area contributed by atoms with Gasteiger partial charge < -0.3 is 0 Å². The molecule has 0 radical (unpaired) electrons. The van der Waals surface area contributed by atoms with Crippen molar-refractivity contribution >= 4 is 0 Å². The molecule has 0 aliphatic rings. The second-order valence-electron chi connectivity index (χ2n) is 7.93. The summed E-state index contributed by atoms with van der Waals surface area (Å²) in [5, 5.41) is 34.5. The van der Waals surface area contributed by atoms with Gasteiger partial charge in [-0.2, -0.15) is 30.9 Å². The van der Waals surface area contributed by atoms with Crippen LogP contribution < -0.4 is 37.3 Å². The first kappa shape index (κ1) is 38.1. The molecule has 0 N–H and O–H groups in total. The first-order chi connectivity index (χ1) is 21.7. The average molecular weight is 727 g/mol. The molecule has 0 aromatic carbocycles. The van der Waals surface area contributed by atoms with Crippen molar-refractivity contribution in [1.29, 1.82) is 10.5 Å². The van der Waals surface area contributed by atoms with E-state index in [9.17, 15) is 0 Å². The largest absolute Gasteiger partial charge is 2.00 e. The summed E-state index contributed by atoms with van der Waals surface area (Å²) in [7, 11) is -9.89. The van der Waals surface area contributed by atoms with Gasteiger partial charge in [0.25, 0.3) is 0 Å². The summed E-state index contributed by atoms with van der Waals surface area (Å²) in [6.45, 7) is 0. The van der Waals surface area contributed by atoms with Crippen LogP contribution in [-0.4, -0.2) is 49.1 Å². The molecule has 242 valence electrons. The molecule has 47 heavy (non-hydrogen) atoms. The first-order valence-electron chi connectivity index (χ1n) is 11.8. The van der Waals surface area contributed by atoms with Crippen molar-refractivity contribution in [3.05, 3.63) is 109 Å². The van der Waals surface area contributed by atoms with Crippen molar-refractivity contribution in [1.82, 2.24) is 49.1 Å². The SMILES string of the molecule is N#Cc1cc(-n2cccn2)nc(-n2cccn2)c1.N#Cc1cc(-n2cccn2)nc(-n2cccn2)c1.[Fe+2].[O-][Cl+3]([O-])([O-])[O-].[O-][Cl+3]([O-])([O-])[O-]. The van der Waals surface area contributed by atoms with E-state index < -0.39 is 20.5 Å². The molecule has 6 aromatic rings. The van der Waals surface area contributed by atoms with Crippen LogP contribution in [0.1, 0.15) is 11.1 Å². The van der Waals surface area contributed by atoms with E-state index in [0.717, 1.165) is 0 Å². The Morgan fingerprint density at radius 2 is 0.681 bits per heavy atom. The molecular formula is C24H16Cl2FeN12O8. The molecule has 0 aliphatic carbocycles. The molecule has 0 unspecified atom stereocenters. The normalized spacial score (nSPS) is 10.3. The fraction of sp³-hybridized carbons (Fsp3) is 0. The quantitative estimate of drug-likeness (QED) is 0.152. The Morgan fingerprint density at radius 3 is 0.830 bits per heavy atom. The van der Waals surface area contributed by atoms with Gasteiger partial charge in [0.15, 0.2) is 23.3 Å². The van der Waals surface area contributed by atoms with Gasteiger partial charge in [-0.25, -0.2) is 66.0 Å². The molecule has 0 amide bonds. The van der Waals surface area contributed by atoms with Gasteiger partial charge in [-0.15, -0.1) is 20.5 Å². The van der Waals surface area contributed by atoms with E-state index in [2.05, 4.69) is 42.5 Å². The summed E-state index contributed by atoms with van der Waals surface area (Å²) in [6, 6.07) is 18.1. The molecule has 6 heterocycles. The smallest absolute Gasteiger partial charge is 0.223 e. The zero-order chi connectivity index (χ0) is 33.7. The van der Waals surface area contributed by atoms with Crippen molar-refractivity contribution in [2.75, 3.05) is 0 Å². The fourth-order valence-electron chi connectivity index (χ4n) is 3.22. The number of halogens is 2. The van der Waals surface area contributed by atoms with Crippen molar-refractivity contribution in [3.8, 4) is 35.4 Å². The number of rotatable bonds is 4. The number of hydrogen-bond acceptors (Lipinski definition) is 16. The molecule has 0 saturated heterocycles. The second kappa shape index (κ2) is 17.6. The zero-order valence-electron chi connectivity index (χ0n) is 23.0. The number of nitrogens with zero attached hydrogens (tertiary/aromatic N) is 12. The zero-order valence-corrected chi connectivity index (χ0v) is 25.6. The van der Waals surface area contributed by atoms with E-state index in [0.29, 0.717) is 34.4 Å². The maximum Gasteiger partial charge on any atom is 2.00 e. The molecule has 0 atom stereocenters. The molecular weight excluding hydrogens is 711 g/mol. The molecule has 23 heteroatoms. The molecule has 0 saturated carbocycles. The summed E-state index contributed by atoms with van der Waals surface area (Å²) in [5.41, 5.74) is 1.03. The summed E-state index contributed by atoms with van der Waals surface area (Å²) in [6.07, 6.45) is 13.7. The van der Waals surface area contributed by atoms with Crippen molar-refractivity contribution in [2.45, 2.75) is 0 Å². The van der Waals surface area contributed by atoms with E-state index >= 15 is 0 Å². The Kier molecular flexibility index (Phi) is 14.2. The second-order valence-corrected chi connectivity index (χ2v) is 9.44. The first-order valence-corrected chi connectivity index (χ1v) is 14.3. The van der Waals surface area contributed by atoms with Crippen LogP contribution in [0.3, 0.4) is 0 Å². The standard InChI is InChI=1S/2C12H8N6.2ClHO4.Fe/c2*13-9-10-7-11(17-5-1-3-14-17)16-12(8-10)18-6-2-4-15-18;2*2-1(3,4)5;/h2*1-8H;2*(H,2,3,4,5);/q;;;;+2/p-2. The predicted octanol–water partition coefficient (Wildman–Crippen LogP) is -6.87. The molecule has 20 nitrogen and oxygen atoms in total. The van der Waals surface area contributed by atoms with E-state index in [-0.39, 0.29) is 17.1 Å². The maximum absolute atomic E-state index is 9.04. The van der Waals surface area contributed by atoms with Gasteiger partial charge in [0.2, 0.25) is 0 Å². The Bertz CT molecular complexity index is 1610. The van der Waals surface area contributed by atoms with Crippen LogP contribution in [-0.2, 0) is 17.1 Å². The minimum absolute atomic E-state index is 0. The van der Waals surface area contributed by atoms with E-state index in [1.54, 1.807) is 117 Å². The Labute approximate surface area is 278 Å². The Hall–Kier alpha value is -5.10. The minimum atomic E-state index is -4.94. The topological polar surface area (TPSA) is 329 Å². The van der Waals surface area contributed by atoms with E-state index in [4.69, 9.17) is 47.8 Å². The molecule has 0 bridgehead atoms. The Morgan fingerprint density at radius 1 is 0.468 bits per heavy atom. The minimum Gasteiger partial charge on any atom is -0.223 e. The van der Waals surface area contributed by atoms with Gasteiger partial charge in [0.1, 0.15) is 0 Å². The van der Waals surface area contributed by atoms with Crippen LogP contribution in [0.4, 0.5) is 0 Å². The summed E-state index contributed by atoms with van der Waals surface area (Å²) in [4.78, 5) is 8.83. The molecule has 6 aromatic heterocycles. The van der Waals surface area contributed by atoms with E-state index in [1.165, 1.54) is 0 Å². The van der Waals surface area contributed by atoms with Gasteiger partial charge >= 0.3 is 17.1 Å². The third kappa shape index (κ3) is 13.8. The van der Waals surface area contributed by atoms with Crippen LogP contribution in [0.25, 0.3) is 23.3 Å². The summed E-state index contributed by atoms with van der Waals surface area (Å²) < 4.78 is 74.4. The number of aromatic nitrogens is 10. The van der Waals surface area contributed by atoms with Crippen LogP contribution in [0.15, 0.2) is 98.1 Å². The molecule has 0 aliphatic heterocycles. The predicted molar refractivity (Wildman–Crippen MR) is 126 cm³/mol. The molecule has 0 spiro atoms. The van der Waals surface area contributed by atoms with Gasteiger partial charge in [0, 0.05) is 73.8 Å². The van der Waals surface area contributed by atoms with Crippen LogP contribution >= 0.6 is 0 Å². The third-order valence-electron chi connectivity index (χ3n) is 4.81. The summed E-state index contributed by atoms with van der Waals surface area (Å²) >= 11 is 0. The number of pyridine rings is 2. The summed E-state index contributed by atoms with van der Waals surface area (Å²) in [5.74, 6) is 2.35. The van der Waals surface area contributed by atoms with E-state index in [1.807, 2.05) is 0 Å². The van der Waals surface area contributed by atoms with Gasteiger partial charge in [-0.05, 0) is 24.3 Å². The molecule has 6 rings (SSSR count). The molecule has 0 fully saturated rings. The number of nitriles is 2. The van der Waals surface area contributed by atoms with Gasteiger partial charge in [-0.1, -0.05) is 0 Å². The number of hydrogen-bond donors (Lipinski definition) is 0. The average Bonchev–Trinajstić information content (AvgIpc) is 3.83. The van der Waals surface area contributed by atoms with Crippen LogP contribution in [0, 0.1) is 43.1 Å². The van der Waals surface area contributed by atoms with Crippen molar-refractivity contribution in [2.24, 2.45) is 0 Å².